The van der Waals surface area contributed by atoms with E-state index in [0.29, 0.717) is 12.0 Å². The van der Waals surface area contributed by atoms with E-state index >= 15 is 0 Å². The van der Waals surface area contributed by atoms with Crippen LogP contribution in [-0.2, 0) is 0 Å². The summed E-state index contributed by atoms with van der Waals surface area (Å²) in [6.07, 6.45) is 2.24. The number of halogens is 1. The van der Waals surface area contributed by atoms with Gasteiger partial charge < -0.3 is 15.9 Å². The minimum Gasteiger partial charge on any atom is -0.508 e. The first kappa shape index (κ1) is 12.8. The van der Waals surface area contributed by atoms with Crippen molar-refractivity contribution in [2.24, 2.45) is 5.73 Å². The Labute approximate surface area is 89.3 Å². The highest BCUT2D eigenvalue weighted by atomic mass is 35.5. The fourth-order valence-corrected chi connectivity index (χ4v) is 1.15. The highest BCUT2D eigenvalue weighted by Crippen LogP contribution is 2.28. The summed E-state index contributed by atoms with van der Waals surface area (Å²) >= 11 is 0. The van der Waals surface area contributed by atoms with Gasteiger partial charge in [0.2, 0.25) is 0 Å². The number of aromatic hydroxyl groups is 2. The molecule has 0 saturated carbocycles. The van der Waals surface area contributed by atoms with Crippen molar-refractivity contribution in [1.82, 2.24) is 0 Å². The second-order valence-corrected chi connectivity index (χ2v) is 2.87. The molecule has 0 aliphatic rings. The first-order valence-corrected chi connectivity index (χ1v) is 4.03. The van der Waals surface area contributed by atoms with E-state index in [0.717, 1.165) is 0 Å². The Morgan fingerprint density at radius 2 is 2.07 bits per heavy atom. The number of rotatable bonds is 3. The Bertz CT molecular complexity index is 315. The molecule has 0 aliphatic carbocycles. The van der Waals surface area contributed by atoms with Crippen molar-refractivity contribution in [3.63, 3.8) is 0 Å². The summed E-state index contributed by atoms with van der Waals surface area (Å²) in [5, 5.41) is 18.6. The summed E-state index contributed by atoms with van der Waals surface area (Å²) in [6.45, 7) is 3.55. The quantitative estimate of drug-likeness (QED) is 0.534. The van der Waals surface area contributed by atoms with Gasteiger partial charge in [0, 0.05) is 11.6 Å². The first-order valence-electron chi connectivity index (χ1n) is 4.03. The van der Waals surface area contributed by atoms with Crippen LogP contribution in [0, 0.1) is 0 Å². The molecular formula is C10H14ClNO2. The average molecular weight is 216 g/mol. The molecule has 0 amide bonds. The first-order chi connectivity index (χ1) is 6.15. The average Bonchev–Trinajstić information content (AvgIpc) is 2.09. The van der Waals surface area contributed by atoms with Crippen molar-refractivity contribution in [2.75, 3.05) is 0 Å². The lowest BCUT2D eigenvalue weighted by atomic mass is 10.0. The second-order valence-electron chi connectivity index (χ2n) is 2.87. The lowest BCUT2D eigenvalue weighted by Gasteiger charge is -2.11. The predicted octanol–water partition coefficient (Wildman–Crippen LogP) is 2.10. The number of phenols is 2. The van der Waals surface area contributed by atoms with Gasteiger partial charge in [0.1, 0.15) is 11.5 Å². The van der Waals surface area contributed by atoms with E-state index in [2.05, 4.69) is 6.58 Å². The van der Waals surface area contributed by atoms with E-state index in [1.54, 1.807) is 6.08 Å². The van der Waals surface area contributed by atoms with Gasteiger partial charge in [0.25, 0.3) is 0 Å². The van der Waals surface area contributed by atoms with E-state index in [1.165, 1.54) is 18.2 Å². The van der Waals surface area contributed by atoms with Crippen LogP contribution in [-0.4, -0.2) is 10.2 Å². The highest BCUT2D eigenvalue weighted by molar-refractivity contribution is 5.85. The zero-order chi connectivity index (χ0) is 9.84. The van der Waals surface area contributed by atoms with Crippen LogP contribution < -0.4 is 5.73 Å². The van der Waals surface area contributed by atoms with Gasteiger partial charge in [-0.2, -0.15) is 0 Å². The molecule has 4 N–H and O–H groups in total. The van der Waals surface area contributed by atoms with Gasteiger partial charge in [-0.1, -0.05) is 6.08 Å². The lowest BCUT2D eigenvalue weighted by molar-refractivity contribution is 0.448. The van der Waals surface area contributed by atoms with Crippen molar-refractivity contribution in [3.8, 4) is 11.5 Å². The monoisotopic (exact) mass is 215 g/mol. The van der Waals surface area contributed by atoms with Crippen LogP contribution in [0.2, 0.25) is 0 Å². The smallest absolute Gasteiger partial charge is 0.120 e. The molecule has 0 spiro atoms. The maximum Gasteiger partial charge on any atom is 0.120 e. The van der Waals surface area contributed by atoms with Crippen LogP contribution in [0.1, 0.15) is 18.0 Å². The Kier molecular flexibility index (Phi) is 5.05. The Hall–Kier alpha value is -1.19. The lowest BCUT2D eigenvalue weighted by Crippen LogP contribution is -2.08. The molecule has 4 heteroatoms. The van der Waals surface area contributed by atoms with Crippen molar-refractivity contribution >= 4 is 12.4 Å². The van der Waals surface area contributed by atoms with Crippen LogP contribution in [0.3, 0.4) is 0 Å². The molecule has 1 rings (SSSR count). The fourth-order valence-electron chi connectivity index (χ4n) is 1.15. The van der Waals surface area contributed by atoms with Crippen molar-refractivity contribution in [2.45, 2.75) is 12.5 Å². The molecule has 0 aromatic heterocycles. The van der Waals surface area contributed by atoms with E-state index in [1.807, 2.05) is 0 Å². The normalized spacial score (nSPS) is 11.5. The van der Waals surface area contributed by atoms with Gasteiger partial charge in [-0.3, -0.25) is 0 Å². The molecule has 0 saturated heterocycles. The highest BCUT2D eigenvalue weighted by Gasteiger charge is 2.09. The summed E-state index contributed by atoms with van der Waals surface area (Å²) in [5.41, 5.74) is 6.27. The van der Waals surface area contributed by atoms with E-state index in [9.17, 15) is 5.11 Å². The van der Waals surface area contributed by atoms with Crippen LogP contribution in [0.4, 0.5) is 0 Å². The SMILES string of the molecule is C=CC[C@@H](N)c1cc(O)ccc1O.Cl. The molecule has 1 aromatic rings. The molecule has 0 aliphatic heterocycles. The van der Waals surface area contributed by atoms with E-state index in [-0.39, 0.29) is 29.9 Å². The molecule has 78 valence electrons. The summed E-state index contributed by atoms with van der Waals surface area (Å²) in [4.78, 5) is 0. The van der Waals surface area contributed by atoms with E-state index in [4.69, 9.17) is 10.8 Å². The topological polar surface area (TPSA) is 66.5 Å². The van der Waals surface area contributed by atoms with Gasteiger partial charge in [0.05, 0.1) is 0 Å². The third kappa shape index (κ3) is 2.94. The number of nitrogens with two attached hydrogens (primary N) is 1. The molecule has 0 heterocycles. The number of hydrogen-bond donors (Lipinski definition) is 3. The molecule has 14 heavy (non-hydrogen) atoms. The third-order valence-corrected chi connectivity index (χ3v) is 1.83. The molecule has 0 radical (unpaired) electrons. The number of phenolic OH excluding ortho intramolecular Hbond substituents is 2. The van der Waals surface area contributed by atoms with Gasteiger partial charge in [-0.15, -0.1) is 19.0 Å². The second kappa shape index (κ2) is 5.52. The zero-order valence-corrected chi connectivity index (χ0v) is 8.50. The van der Waals surface area contributed by atoms with Crippen LogP contribution in [0.25, 0.3) is 0 Å². The largest absolute Gasteiger partial charge is 0.508 e. The van der Waals surface area contributed by atoms with Crippen molar-refractivity contribution in [1.29, 1.82) is 0 Å². The number of benzene rings is 1. The summed E-state index contributed by atoms with van der Waals surface area (Å²) in [7, 11) is 0. The van der Waals surface area contributed by atoms with Gasteiger partial charge >= 0.3 is 0 Å². The Morgan fingerprint density at radius 1 is 1.43 bits per heavy atom. The fraction of sp³-hybridized carbons (Fsp3) is 0.200. The molecule has 0 fully saturated rings. The van der Waals surface area contributed by atoms with Crippen molar-refractivity contribution < 1.29 is 10.2 Å². The van der Waals surface area contributed by atoms with Gasteiger partial charge in [-0.25, -0.2) is 0 Å². The minimum atomic E-state index is -0.315. The molecule has 0 unspecified atom stereocenters. The van der Waals surface area contributed by atoms with Gasteiger partial charge in [-0.05, 0) is 24.6 Å². The Balaban J connectivity index is 0.00000169. The van der Waals surface area contributed by atoms with Gasteiger partial charge in [0.15, 0.2) is 0 Å². The maximum absolute atomic E-state index is 9.41. The summed E-state index contributed by atoms with van der Waals surface area (Å²) in [5.74, 6) is 0.208. The minimum absolute atomic E-state index is 0. The standard InChI is InChI=1S/C10H13NO2.ClH/c1-2-3-9(11)8-6-7(12)4-5-10(8)13;/h2,4-6,9,12-13H,1,3,11H2;1H/t9-;/m1./s1. The van der Waals surface area contributed by atoms with Crippen molar-refractivity contribution in [3.05, 3.63) is 36.4 Å². The molecule has 1 atom stereocenters. The van der Waals surface area contributed by atoms with Crippen LogP contribution in [0.5, 0.6) is 11.5 Å². The van der Waals surface area contributed by atoms with E-state index < -0.39 is 0 Å². The van der Waals surface area contributed by atoms with Crippen LogP contribution in [0.15, 0.2) is 30.9 Å². The molecule has 1 aromatic carbocycles. The molecular weight excluding hydrogens is 202 g/mol. The molecule has 0 bridgehead atoms. The third-order valence-electron chi connectivity index (χ3n) is 1.83. The summed E-state index contributed by atoms with van der Waals surface area (Å²) < 4.78 is 0. The predicted molar refractivity (Wildman–Crippen MR) is 58.8 cm³/mol. The van der Waals surface area contributed by atoms with Crippen LogP contribution >= 0.6 is 12.4 Å². The maximum atomic E-state index is 9.41. The molecule has 3 nitrogen and oxygen atoms in total. The number of hydrogen-bond acceptors (Lipinski definition) is 3. The zero-order valence-electron chi connectivity index (χ0n) is 7.68. The Morgan fingerprint density at radius 3 is 2.64 bits per heavy atom. The summed E-state index contributed by atoms with van der Waals surface area (Å²) in [6, 6.07) is 3.99.